The highest BCUT2D eigenvalue weighted by Gasteiger charge is 2.25. The number of hydrogen-bond acceptors (Lipinski definition) is 5. The van der Waals surface area contributed by atoms with Gasteiger partial charge in [0.2, 0.25) is 5.91 Å². The Morgan fingerprint density at radius 3 is 2.20 bits per heavy atom. The van der Waals surface area contributed by atoms with Gasteiger partial charge in [0.1, 0.15) is 5.75 Å². The maximum Gasteiger partial charge on any atom is 0.229 e. The fourth-order valence-corrected chi connectivity index (χ4v) is 5.68. The van der Waals surface area contributed by atoms with Crippen LogP contribution >= 0.6 is 0 Å². The van der Waals surface area contributed by atoms with Crippen molar-refractivity contribution in [3.8, 4) is 5.75 Å². The number of rotatable bonds is 7. The van der Waals surface area contributed by atoms with Gasteiger partial charge in [-0.1, -0.05) is 62.8 Å². The molecule has 41 heavy (non-hydrogen) atoms. The van der Waals surface area contributed by atoms with Gasteiger partial charge in [0.05, 0.1) is 7.11 Å². The Balaban J connectivity index is 0.000000296. The van der Waals surface area contributed by atoms with Crippen LogP contribution in [-0.2, 0) is 4.79 Å². The summed E-state index contributed by atoms with van der Waals surface area (Å²) in [6.45, 7) is 6.18. The van der Waals surface area contributed by atoms with Crippen LogP contribution in [0.25, 0.3) is 5.57 Å². The molecule has 0 aliphatic heterocycles. The molecule has 226 valence electrons. The largest absolute Gasteiger partial charge is 0.496 e. The van der Waals surface area contributed by atoms with Crippen LogP contribution in [0.3, 0.4) is 0 Å². The van der Waals surface area contributed by atoms with E-state index >= 15 is 0 Å². The van der Waals surface area contributed by atoms with Crippen LogP contribution in [0.1, 0.15) is 101 Å². The van der Waals surface area contributed by atoms with Crippen molar-refractivity contribution in [2.75, 3.05) is 26.2 Å². The number of aliphatic hydroxyl groups excluding tert-OH is 1. The van der Waals surface area contributed by atoms with Gasteiger partial charge in [0, 0.05) is 49.8 Å². The molecule has 6 heteroatoms. The zero-order valence-corrected chi connectivity index (χ0v) is 26.2. The van der Waals surface area contributed by atoms with E-state index in [-0.39, 0.29) is 17.9 Å². The number of allylic oxidation sites excluding steroid dienone is 1. The van der Waals surface area contributed by atoms with Crippen LogP contribution in [0.2, 0.25) is 0 Å². The molecule has 0 bridgehead atoms. The first-order valence-electron chi connectivity index (χ1n) is 15.3. The number of carbonyl (C=O) groups excluding carboxylic acids is 1. The van der Waals surface area contributed by atoms with Crippen molar-refractivity contribution in [2.45, 2.75) is 96.9 Å². The maximum absolute atomic E-state index is 12.7. The molecular weight excluding hydrogens is 510 g/mol. The first-order chi connectivity index (χ1) is 19.8. The monoisotopic (exact) mass is 563 g/mol. The van der Waals surface area contributed by atoms with Crippen molar-refractivity contribution in [1.82, 2.24) is 0 Å². The first-order valence-corrected chi connectivity index (χ1v) is 15.3. The van der Waals surface area contributed by atoms with E-state index in [0.29, 0.717) is 0 Å². The molecule has 4 rings (SSSR count). The smallest absolute Gasteiger partial charge is 0.229 e. The van der Waals surface area contributed by atoms with Gasteiger partial charge in [0.25, 0.3) is 0 Å². The Morgan fingerprint density at radius 2 is 1.63 bits per heavy atom. The summed E-state index contributed by atoms with van der Waals surface area (Å²) in [5.41, 5.74) is 11.3. The van der Waals surface area contributed by atoms with Crippen LogP contribution in [0, 0.1) is 12.8 Å². The number of amides is 1. The number of aliphatic hydroxyl groups is 1. The maximum atomic E-state index is 12.7. The average molecular weight is 564 g/mol. The van der Waals surface area contributed by atoms with Gasteiger partial charge >= 0.3 is 0 Å². The van der Waals surface area contributed by atoms with Crippen molar-refractivity contribution in [2.24, 2.45) is 16.6 Å². The molecule has 6 nitrogen and oxygen atoms in total. The number of hydrogen-bond donors (Lipinski definition) is 2. The van der Waals surface area contributed by atoms with E-state index in [9.17, 15) is 4.79 Å². The summed E-state index contributed by atoms with van der Waals surface area (Å²) in [4.78, 5) is 18.9. The van der Waals surface area contributed by atoms with Crippen LogP contribution in [0.5, 0.6) is 5.75 Å². The van der Waals surface area contributed by atoms with Crippen molar-refractivity contribution in [3.05, 3.63) is 65.4 Å². The van der Waals surface area contributed by atoms with E-state index < -0.39 is 0 Å². The number of nitrogens with zero attached hydrogens (tertiary/aromatic N) is 2. The van der Waals surface area contributed by atoms with Gasteiger partial charge in [-0.3, -0.25) is 9.79 Å². The van der Waals surface area contributed by atoms with Gasteiger partial charge in [-0.05, 0) is 87.3 Å². The van der Waals surface area contributed by atoms with Gasteiger partial charge < -0.3 is 20.5 Å². The summed E-state index contributed by atoms with van der Waals surface area (Å²) in [6.07, 6.45) is 15.9. The molecule has 2 aromatic rings. The Hall–Kier alpha value is -3.12. The quantitative estimate of drug-likeness (QED) is 0.338. The number of anilines is 1. The number of carbonyl (C=O) groups is 1. The number of aliphatic imine (C=N–C) groups is 1. The number of nitrogens with two attached hydrogens (primary N) is 1. The summed E-state index contributed by atoms with van der Waals surface area (Å²) < 4.78 is 5.29. The van der Waals surface area contributed by atoms with Crippen LogP contribution in [0.15, 0.2) is 53.7 Å². The molecule has 2 saturated carbocycles. The molecular formula is C35H53N3O3. The van der Waals surface area contributed by atoms with E-state index in [4.69, 9.17) is 15.6 Å². The minimum absolute atomic E-state index is 0.166. The second-order valence-electron chi connectivity index (χ2n) is 11.3. The number of ether oxygens (including phenoxy) is 1. The number of aryl methyl sites for hydroxylation is 1. The highest BCUT2D eigenvalue weighted by atomic mass is 16.5. The molecule has 0 atom stereocenters. The minimum atomic E-state index is 0.166. The minimum Gasteiger partial charge on any atom is -0.496 e. The zero-order chi connectivity index (χ0) is 30.2. The molecule has 0 heterocycles. The average Bonchev–Trinajstić information content (AvgIpc) is 3.02. The lowest BCUT2D eigenvalue weighted by molar-refractivity contribution is -0.123. The molecule has 2 aliphatic carbocycles. The van der Waals surface area contributed by atoms with E-state index in [1.165, 1.54) is 49.7 Å². The topological polar surface area (TPSA) is 88.2 Å². The van der Waals surface area contributed by atoms with E-state index in [2.05, 4.69) is 30.1 Å². The predicted molar refractivity (Wildman–Crippen MR) is 174 cm³/mol. The molecule has 0 saturated heterocycles. The molecule has 0 radical (unpaired) electrons. The third-order valence-corrected chi connectivity index (χ3v) is 8.04. The third kappa shape index (κ3) is 10.7. The van der Waals surface area contributed by atoms with Crippen molar-refractivity contribution in [1.29, 1.82) is 0 Å². The third-order valence-electron chi connectivity index (χ3n) is 8.04. The molecule has 0 aromatic heterocycles. The lowest BCUT2D eigenvalue weighted by Crippen LogP contribution is -2.33. The second-order valence-corrected chi connectivity index (χ2v) is 11.3. The summed E-state index contributed by atoms with van der Waals surface area (Å²) in [5, 5.41) is 7.00. The predicted octanol–water partition coefficient (Wildman–Crippen LogP) is 7.67. The van der Waals surface area contributed by atoms with E-state index in [0.717, 1.165) is 61.3 Å². The fraction of sp³-hybridized carbons (Fsp3) is 0.543. The zero-order valence-electron chi connectivity index (χ0n) is 26.2. The molecule has 2 aromatic carbocycles. The summed E-state index contributed by atoms with van der Waals surface area (Å²) in [7, 11) is 4.60. The molecule has 2 fully saturated rings. The Bertz CT molecular complexity index is 1110. The van der Waals surface area contributed by atoms with Crippen LogP contribution in [-0.4, -0.2) is 44.5 Å². The molecule has 0 spiro atoms. The first kappa shape index (κ1) is 34.1. The molecule has 0 unspecified atom stereocenters. The number of methoxy groups -OCH3 is 1. The van der Waals surface area contributed by atoms with Gasteiger partial charge in [-0.25, -0.2) is 0 Å². The standard InChI is InChI=1S/C20H29N3O.C14H20O.CH4O/c1-15(2)22-14-18(13-21)17-10-7-11-19(12-17)23(3)20(24)16-8-5-4-6-9-16;1-11-10-13(8-9-14(11)15-2)12-6-4-3-5-7-12;1-2/h7,10-16H,4-6,8-9,21H2,1-3H3;8-10,12H,3-7H2,1-2H3;2H,1H3/b18-13+,22-14?;;. The summed E-state index contributed by atoms with van der Waals surface area (Å²) >= 11 is 0. The SMILES string of the molecule is CC(C)N=C/C(=C\N)c1cccc(N(C)C(=O)C2CCCCC2)c1.CO.COc1ccc(C2CCCCC2)cc1C. The van der Waals surface area contributed by atoms with Crippen molar-refractivity contribution >= 4 is 23.4 Å². The lowest BCUT2D eigenvalue weighted by atomic mass is 9.83. The van der Waals surface area contributed by atoms with Crippen molar-refractivity contribution in [3.63, 3.8) is 0 Å². The van der Waals surface area contributed by atoms with Crippen LogP contribution in [0.4, 0.5) is 5.69 Å². The molecule has 2 aliphatic rings. The van der Waals surface area contributed by atoms with E-state index in [1.54, 1.807) is 24.4 Å². The van der Waals surface area contributed by atoms with E-state index in [1.807, 2.05) is 45.2 Å². The Morgan fingerprint density at radius 1 is 1.00 bits per heavy atom. The fourth-order valence-electron chi connectivity index (χ4n) is 5.68. The molecule has 1 amide bonds. The normalized spacial score (nSPS) is 16.4. The van der Waals surface area contributed by atoms with Crippen LogP contribution < -0.4 is 15.4 Å². The molecule has 3 N–H and O–H groups in total. The van der Waals surface area contributed by atoms with Gasteiger partial charge in [-0.2, -0.15) is 0 Å². The Kier molecular flexibility index (Phi) is 15.2. The number of benzene rings is 2. The Labute approximate surface area is 248 Å². The van der Waals surface area contributed by atoms with Crippen molar-refractivity contribution < 1.29 is 14.6 Å². The summed E-state index contributed by atoms with van der Waals surface area (Å²) in [6, 6.07) is 14.8. The summed E-state index contributed by atoms with van der Waals surface area (Å²) in [5.74, 6) is 2.19. The second kappa shape index (κ2) is 18.3. The van der Waals surface area contributed by atoms with Gasteiger partial charge in [0.15, 0.2) is 0 Å². The highest BCUT2D eigenvalue weighted by molar-refractivity contribution is 6.10. The van der Waals surface area contributed by atoms with Gasteiger partial charge in [-0.15, -0.1) is 0 Å². The highest BCUT2D eigenvalue weighted by Crippen LogP contribution is 2.34. The lowest BCUT2D eigenvalue weighted by Gasteiger charge is -2.26.